The SMILES string of the molecule is CC(C)S(=O)(=O)n1c(N)nc2c(OS(C)(=O)=O)cc(-c3nc(CC(C)(C)C)[nH]c3-c3ccc(F)cc3)cc21. The highest BCUT2D eigenvalue weighted by Crippen LogP contribution is 2.39. The minimum absolute atomic E-state index is 0.0327. The Bertz CT molecular complexity index is 1730. The summed E-state index contributed by atoms with van der Waals surface area (Å²) in [7, 11) is -8.00. The van der Waals surface area contributed by atoms with Crippen LogP contribution in [0.2, 0.25) is 0 Å². The van der Waals surface area contributed by atoms with E-state index in [0.29, 0.717) is 34.8 Å². The molecule has 204 valence electrons. The molecular formula is C25H30FN5O5S2. The van der Waals surface area contributed by atoms with E-state index in [1.54, 1.807) is 12.1 Å². The van der Waals surface area contributed by atoms with Crippen molar-refractivity contribution in [2.45, 2.75) is 46.3 Å². The highest BCUT2D eigenvalue weighted by molar-refractivity contribution is 7.90. The Morgan fingerprint density at radius 1 is 1.05 bits per heavy atom. The Balaban J connectivity index is 2.07. The first-order chi connectivity index (χ1) is 17.5. The summed E-state index contributed by atoms with van der Waals surface area (Å²) in [6.45, 7) is 9.15. The first-order valence-electron chi connectivity index (χ1n) is 11.8. The summed E-state index contributed by atoms with van der Waals surface area (Å²) in [5.41, 5.74) is 7.82. The van der Waals surface area contributed by atoms with E-state index in [0.717, 1.165) is 10.2 Å². The molecule has 3 N–H and O–H groups in total. The number of aromatic amines is 1. The van der Waals surface area contributed by atoms with E-state index in [1.165, 1.54) is 38.1 Å². The molecule has 0 saturated heterocycles. The summed E-state index contributed by atoms with van der Waals surface area (Å²) >= 11 is 0. The van der Waals surface area contributed by atoms with Crippen LogP contribution >= 0.6 is 0 Å². The van der Waals surface area contributed by atoms with E-state index in [1.807, 2.05) is 0 Å². The maximum atomic E-state index is 13.7. The van der Waals surface area contributed by atoms with Crippen LogP contribution in [0.3, 0.4) is 0 Å². The molecule has 0 atom stereocenters. The third-order valence-corrected chi connectivity index (χ3v) is 8.22. The fraction of sp³-hybridized carbons (Fsp3) is 0.360. The van der Waals surface area contributed by atoms with Gasteiger partial charge in [-0.1, -0.05) is 20.8 Å². The number of H-pyrrole nitrogens is 1. The second-order valence-electron chi connectivity index (χ2n) is 10.6. The van der Waals surface area contributed by atoms with Gasteiger partial charge in [0.2, 0.25) is 16.0 Å². The molecule has 13 heteroatoms. The predicted molar refractivity (Wildman–Crippen MR) is 145 cm³/mol. The lowest BCUT2D eigenvalue weighted by molar-refractivity contribution is 0.402. The zero-order valence-corrected chi connectivity index (χ0v) is 23.5. The van der Waals surface area contributed by atoms with Crippen LogP contribution < -0.4 is 9.92 Å². The van der Waals surface area contributed by atoms with Gasteiger partial charge in [0.25, 0.3) is 0 Å². The summed E-state index contributed by atoms with van der Waals surface area (Å²) in [4.78, 5) is 12.2. The molecular weight excluding hydrogens is 533 g/mol. The van der Waals surface area contributed by atoms with Crippen LogP contribution in [0.15, 0.2) is 36.4 Å². The molecule has 0 radical (unpaired) electrons. The van der Waals surface area contributed by atoms with Gasteiger partial charge in [0.15, 0.2) is 5.75 Å². The lowest BCUT2D eigenvalue weighted by atomic mass is 9.92. The summed E-state index contributed by atoms with van der Waals surface area (Å²) < 4.78 is 70.4. The van der Waals surface area contributed by atoms with E-state index >= 15 is 0 Å². The molecule has 2 aromatic heterocycles. The van der Waals surface area contributed by atoms with Crippen molar-refractivity contribution in [1.29, 1.82) is 0 Å². The van der Waals surface area contributed by atoms with Crippen molar-refractivity contribution in [3.05, 3.63) is 48.0 Å². The molecule has 38 heavy (non-hydrogen) atoms. The molecule has 4 rings (SSSR count). The quantitative estimate of drug-likeness (QED) is 0.316. The number of halogens is 1. The van der Waals surface area contributed by atoms with Gasteiger partial charge in [0.1, 0.15) is 17.2 Å². The normalized spacial score (nSPS) is 12.9. The molecule has 2 aromatic carbocycles. The fourth-order valence-corrected chi connectivity index (χ4v) is 5.62. The van der Waals surface area contributed by atoms with Crippen molar-refractivity contribution in [3.8, 4) is 28.3 Å². The van der Waals surface area contributed by atoms with E-state index in [2.05, 4.69) is 30.7 Å². The number of aromatic nitrogens is 4. The number of hydrogen-bond donors (Lipinski definition) is 2. The maximum absolute atomic E-state index is 13.7. The molecule has 0 fully saturated rings. The third-order valence-electron chi connectivity index (χ3n) is 5.66. The summed E-state index contributed by atoms with van der Waals surface area (Å²) in [5.74, 6) is -0.304. The molecule has 0 bridgehead atoms. The molecule has 0 aliphatic heterocycles. The first-order valence-corrected chi connectivity index (χ1v) is 15.1. The van der Waals surface area contributed by atoms with Crippen LogP contribution in [0.25, 0.3) is 33.5 Å². The average Bonchev–Trinajstić information content (AvgIpc) is 3.32. The van der Waals surface area contributed by atoms with Gasteiger partial charge in [-0.15, -0.1) is 0 Å². The molecule has 4 aromatic rings. The van der Waals surface area contributed by atoms with Gasteiger partial charge in [-0.2, -0.15) is 8.42 Å². The standard InChI is InChI=1S/C25H30FN5O5S2/c1-14(2)38(34,35)31-18-11-16(12-19(36-37(6,32)33)23(18)30-24(31)27)22-21(15-7-9-17(26)10-8-15)28-20(29-22)13-25(3,4)5/h7-12,14H,13H2,1-6H3,(H2,27,30)(H,28,29). The van der Waals surface area contributed by atoms with E-state index in [-0.39, 0.29) is 28.1 Å². The number of rotatable bonds is 7. The first kappa shape index (κ1) is 27.6. The number of nitrogens with one attached hydrogen (secondary N) is 1. The molecule has 0 spiro atoms. The minimum atomic E-state index is -4.02. The van der Waals surface area contributed by atoms with Gasteiger partial charge in [-0.3, -0.25) is 0 Å². The Morgan fingerprint density at radius 3 is 2.24 bits per heavy atom. The summed E-state index contributed by atoms with van der Waals surface area (Å²) in [6, 6.07) is 8.76. The number of nitrogens with two attached hydrogens (primary N) is 1. The number of hydrogen-bond acceptors (Lipinski definition) is 8. The van der Waals surface area contributed by atoms with E-state index in [4.69, 9.17) is 14.9 Å². The van der Waals surface area contributed by atoms with Gasteiger partial charge in [-0.25, -0.2) is 26.7 Å². The van der Waals surface area contributed by atoms with Gasteiger partial charge in [0.05, 0.1) is 28.4 Å². The monoisotopic (exact) mass is 563 g/mol. The Hall–Kier alpha value is -3.45. The second-order valence-corrected chi connectivity index (χ2v) is 14.5. The minimum Gasteiger partial charge on any atom is -0.380 e. The van der Waals surface area contributed by atoms with Crippen molar-refractivity contribution in [2.24, 2.45) is 5.41 Å². The highest BCUT2D eigenvalue weighted by Gasteiger charge is 2.28. The maximum Gasteiger partial charge on any atom is 0.306 e. The topological polar surface area (TPSA) is 150 Å². The fourth-order valence-electron chi connectivity index (χ4n) is 4.03. The summed E-state index contributed by atoms with van der Waals surface area (Å²) in [6.07, 6.45) is 1.44. The zero-order chi connectivity index (χ0) is 28.2. The summed E-state index contributed by atoms with van der Waals surface area (Å²) in [5, 5.41) is -0.844. The van der Waals surface area contributed by atoms with Crippen molar-refractivity contribution >= 4 is 37.1 Å². The molecule has 0 saturated carbocycles. The third kappa shape index (κ3) is 5.53. The van der Waals surface area contributed by atoms with Crippen LogP contribution in [0.4, 0.5) is 10.3 Å². The molecule has 0 unspecified atom stereocenters. The van der Waals surface area contributed by atoms with Crippen LogP contribution in [0.1, 0.15) is 40.4 Å². The zero-order valence-electron chi connectivity index (χ0n) is 21.9. The molecule has 0 aliphatic rings. The van der Waals surface area contributed by atoms with Crippen molar-refractivity contribution in [2.75, 3.05) is 12.0 Å². The molecule has 0 amide bonds. The number of nitrogens with zero attached hydrogens (tertiary/aromatic N) is 3. The van der Waals surface area contributed by atoms with Gasteiger partial charge >= 0.3 is 10.1 Å². The highest BCUT2D eigenvalue weighted by atomic mass is 32.2. The Labute approximate surface area is 221 Å². The average molecular weight is 564 g/mol. The lowest BCUT2D eigenvalue weighted by Gasteiger charge is -2.15. The number of anilines is 1. The van der Waals surface area contributed by atoms with Crippen molar-refractivity contribution < 1.29 is 25.4 Å². The van der Waals surface area contributed by atoms with Crippen molar-refractivity contribution in [3.63, 3.8) is 0 Å². The van der Waals surface area contributed by atoms with E-state index < -0.39 is 31.2 Å². The van der Waals surface area contributed by atoms with Gasteiger partial charge < -0.3 is 14.9 Å². The van der Waals surface area contributed by atoms with Crippen LogP contribution in [0, 0.1) is 11.2 Å². The second kappa shape index (κ2) is 9.38. The van der Waals surface area contributed by atoms with Gasteiger partial charge in [0, 0.05) is 17.5 Å². The number of fused-ring (bicyclic) bond motifs is 1. The molecule has 10 nitrogen and oxygen atoms in total. The van der Waals surface area contributed by atoms with Crippen LogP contribution in [-0.4, -0.2) is 47.3 Å². The van der Waals surface area contributed by atoms with Crippen LogP contribution in [0.5, 0.6) is 5.75 Å². The van der Waals surface area contributed by atoms with Crippen molar-refractivity contribution in [1.82, 2.24) is 18.9 Å². The van der Waals surface area contributed by atoms with Gasteiger partial charge in [-0.05, 0) is 55.7 Å². The lowest BCUT2D eigenvalue weighted by Crippen LogP contribution is -2.23. The number of nitrogen functional groups attached to an aromatic ring is 1. The van der Waals surface area contributed by atoms with Crippen LogP contribution in [-0.2, 0) is 26.6 Å². The van der Waals surface area contributed by atoms with E-state index in [9.17, 15) is 21.2 Å². The smallest absolute Gasteiger partial charge is 0.306 e. The number of benzene rings is 2. The Morgan fingerprint density at radius 2 is 1.68 bits per heavy atom. The Kier molecular flexibility index (Phi) is 6.81. The predicted octanol–water partition coefficient (Wildman–Crippen LogP) is 4.33. The molecule has 0 aliphatic carbocycles. The number of imidazole rings is 2. The largest absolute Gasteiger partial charge is 0.380 e. The molecule has 2 heterocycles.